The molecule has 4 rings (SSSR count). The van der Waals surface area contributed by atoms with E-state index in [0.717, 1.165) is 22.5 Å². The molecule has 1 unspecified atom stereocenters. The highest BCUT2D eigenvalue weighted by molar-refractivity contribution is 7.05. The van der Waals surface area contributed by atoms with E-state index in [1.807, 2.05) is 0 Å². The number of halogens is 4. The Kier molecular flexibility index (Phi) is 4.42. The van der Waals surface area contributed by atoms with Gasteiger partial charge in [-0.3, -0.25) is 4.90 Å². The quantitative estimate of drug-likeness (QED) is 0.626. The van der Waals surface area contributed by atoms with Crippen LogP contribution in [0, 0.1) is 5.82 Å². The van der Waals surface area contributed by atoms with E-state index in [0.29, 0.717) is 6.54 Å². The monoisotopic (exact) mass is 399 g/mol. The van der Waals surface area contributed by atoms with E-state index in [1.165, 1.54) is 24.4 Å². The summed E-state index contributed by atoms with van der Waals surface area (Å²) >= 11 is 1.14. The van der Waals surface area contributed by atoms with Crippen LogP contribution in [-0.4, -0.2) is 43.9 Å². The van der Waals surface area contributed by atoms with Crippen LogP contribution in [0.3, 0.4) is 0 Å². The second-order valence-corrected chi connectivity index (χ2v) is 7.23. The number of aromatic nitrogens is 4. The van der Waals surface area contributed by atoms with Crippen molar-refractivity contribution in [3.63, 3.8) is 0 Å². The van der Waals surface area contributed by atoms with Crippen molar-refractivity contribution in [3.8, 4) is 11.4 Å². The van der Waals surface area contributed by atoms with E-state index in [2.05, 4.69) is 19.7 Å². The molecule has 0 radical (unpaired) electrons. The molecule has 1 aromatic carbocycles. The molecule has 0 N–H and O–H groups in total. The zero-order valence-electron chi connectivity index (χ0n) is 13.8. The molecule has 11 heteroatoms. The molecule has 142 valence electrons. The van der Waals surface area contributed by atoms with Crippen molar-refractivity contribution in [1.29, 1.82) is 0 Å². The average Bonchev–Trinajstić information content (AvgIpc) is 3.35. The van der Waals surface area contributed by atoms with Gasteiger partial charge < -0.3 is 4.52 Å². The summed E-state index contributed by atoms with van der Waals surface area (Å²) in [7, 11) is 0. The number of nitrogens with zero attached hydrogens (tertiary/aromatic N) is 5. The minimum Gasteiger partial charge on any atom is -0.338 e. The zero-order valence-corrected chi connectivity index (χ0v) is 14.6. The van der Waals surface area contributed by atoms with Gasteiger partial charge in [-0.1, -0.05) is 21.8 Å². The van der Waals surface area contributed by atoms with Crippen molar-refractivity contribution in [2.45, 2.75) is 24.6 Å². The Morgan fingerprint density at radius 2 is 2.15 bits per heavy atom. The Labute approximate surface area is 155 Å². The van der Waals surface area contributed by atoms with E-state index in [-0.39, 0.29) is 30.9 Å². The van der Waals surface area contributed by atoms with Crippen LogP contribution in [0.5, 0.6) is 0 Å². The fourth-order valence-corrected chi connectivity index (χ4v) is 3.73. The third-order valence-electron chi connectivity index (χ3n) is 4.60. The SMILES string of the molecule is Fc1cccc(-c2noc(C3(C(F)(F)F)CCN(Cc4cnns4)C3)n2)c1. The molecule has 0 aliphatic carbocycles. The van der Waals surface area contributed by atoms with Gasteiger partial charge in [0.1, 0.15) is 5.82 Å². The first kappa shape index (κ1) is 18.0. The number of hydrogen-bond acceptors (Lipinski definition) is 7. The van der Waals surface area contributed by atoms with Gasteiger partial charge in [-0.15, -0.1) is 5.10 Å². The predicted molar refractivity (Wildman–Crippen MR) is 87.2 cm³/mol. The van der Waals surface area contributed by atoms with Gasteiger partial charge in [0.15, 0.2) is 5.41 Å². The summed E-state index contributed by atoms with van der Waals surface area (Å²) in [6.07, 6.45) is -3.24. The average molecular weight is 399 g/mol. The van der Waals surface area contributed by atoms with E-state index in [1.54, 1.807) is 4.90 Å². The molecule has 1 fully saturated rings. The molecule has 6 nitrogen and oxygen atoms in total. The summed E-state index contributed by atoms with van der Waals surface area (Å²) in [5, 5.41) is 7.34. The van der Waals surface area contributed by atoms with Crippen molar-refractivity contribution in [1.82, 2.24) is 24.6 Å². The third-order valence-corrected chi connectivity index (χ3v) is 5.24. The smallest absolute Gasteiger partial charge is 0.338 e. The number of rotatable bonds is 4. The molecule has 1 atom stereocenters. The van der Waals surface area contributed by atoms with Gasteiger partial charge in [0.05, 0.1) is 11.1 Å². The largest absolute Gasteiger partial charge is 0.404 e. The van der Waals surface area contributed by atoms with Gasteiger partial charge in [-0.2, -0.15) is 18.2 Å². The summed E-state index contributed by atoms with van der Waals surface area (Å²) in [5.74, 6) is -1.10. The standard InChI is InChI=1S/C16H13F4N5OS/c17-11-3-1-2-10(6-11)13-22-14(26-23-13)15(16(18,19)20)4-5-25(9-15)8-12-7-21-24-27-12/h1-3,6-7H,4-5,8-9H2. The molecule has 1 saturated heterocycles. The maximum atomic E-state index is 14.0. The van der Waals surface area contributed by atoms with Crippen molar-refractivity contribution in [3.05, 3.63) is 47.0 Å². The minimum atomic E-state index is -4.57. The molecule has 2 aromatic heterocycles. The van der Waals surface area contributed by atoms with E-state index < -0.39 is 23.3 Å². The molecule has 0 spiro atoms. The lowest BCUT2D eigenvalue weighted by Gasteiger charge is -2.28. The molecule has 27 heavy (non-hydrogen) atoms. The van der Waals surface area contributed by atoms with Crippen LogP contribution < -0.4 is 0 Å². The minimum absolute atomic E-state index is 0.0711. The second kappa shape index (κ2) is 6.64. The maximum absolute atomic E-state index is 14.0. The van der Waals surface area contributed by atoms with E-state index >= 15 is 0 Å². The first-order valence-electron chi connectivity index (χ1n) is 8.03. The third kappa shape index (κ3) is 3.32. The van der Waals surface area contributed by atoms with Crippen LogP contribution in [0.2, 0.25) is 0 Å². The Hall–Kier alpha value is -2.40. The van der Waals surface area contributed by atoms with Crippen LogP contribution in [0.1, 0.15) is 17.2 Å². The van der Waals surface area contributed by atoms with Crippen LogP contribution in [0.25, 0.3) is 11.4 Å². The second-order valence-electron chi connectivity index (χ2n) is 6.36. The number of alkyl halides is 3. The predicted octanol–water partition coefficient (Wildman–Crippen LogP) is 3.43. The summed E-state index contributed by atoms with van der Waals surface area (Å²) in [5.41, 5.74) is -2.00. The van der Waals surface area contributed by atoms with E-state index in [9.17, 15) is 17.6 Å². The zero-order chi connectivity index (χ0) is 19.1. The van der Waals surface area contributed by atoms with E-state index in [4.69, 9.17) is 4.52 Å². The molecule has 0 amide bonds. The van der Waals surface area contributed by atoms with Gasteiger partial charge in [0.25, 0.3) is 0 Å². The first-order chi connectivity index (χ1) is 12.9. The highest BCUT2D eigenvalue weighted by atomic mass is 32.1. The Balaban J connectivity index is 1.64. The van der Waals surface area contributed by atoms with Crippen LogP contribution in [0.4, 0.5) is 17.6 Å². The normalized spacial score (nSPS) is 21.0. The highest BCUT2D eigenvalue weighted by Crippen LogP contribution is 2.47. The molecule has 1 aliphatic rings. The van der Waals surface area contributed by atoms with Crippen LogP contribution in [0.15, 0.2) is 35.0 Å². The lowest BCUT2D eigenvalue weighted by Crippen LogP contribution is -2.45. The maximum Gasteiger partial charge on any atom is 0.404 e. The van der Waals surface area contributed by atoms with Gasteiger partial charge in [-0.25, -0.2) is 4.39 Å². The van der Waals surface area contributed by atoms with Gasteiger partial charge in [-0.05, 0) is 36.6 Å². The molecule has 0 bridgehead atoms. The fraction of sp³-hybridized carbons (Fsp3) is 0.375. The Bertz CT molecular complexity index is 929. The summed E-state index contributed by atoms with van der Waals surface area (Å²) in [6, 6.07) is 5.31. The summed E-state index contributed by atoms with van der Waals surface area (Å²) < 4.78 is 64.1. The number of benzene rings is 1. The first-order valence-corrected chi connectivity index (χ1v) is 8.80. The molecular formula is C16H13F4N5OS. The van der Waals surface area contributed by atoms with Crippen molar-refractivity contribution < 1.29 is 22.1 Å². The van der Waals surface area contributed by atoms with Crippen molar-refractivity contribution >= 4 is 11.5 Å². The Morgan fingerprint density at radius 1 is 1.30 bits per heavy atom. The Morgan fingerprint density at radius 3 is 2.85 bits per heavy atom. The van der Waals surface area contributed by atoms with Gasteiger partial charge in [0.2, 0.25) is 11.7 Å². The molecular weight excluding hydrogens is 386 g/mol. The fourth-order valence-electron chi connectivity index (χ4n) is 3.19. The van der Waals surface area contributed by atoms with Crippen molar-refractivity contribution in [2.75, 3.05) is 13.1 Å². The van der Waals surface area contributed by atoms with Crippen LogP contribution in [-0.2, 0) is 12.0 Å². The molecule has 1 aliphatic heterocycles. The lowest BCUT2D eigenvalue weighted by molar-refractivity contribution is -0.193. The van der Waals surface area contributed by atoms with Crippen LogP contribution >= 0.6 is 11.5 Å². The molecule has 3 heterocycles. The molecule has 0 saturated carbocycles. The van der Waals surface area contributed by atoms with Crippen molar-refractivity contribution in [2.24, 2.45) is 0 Å². The summed E-state index contributed by atoms with van der Waals surface area (Å²) in [6.45, 7) is 0.231. The number of hydrogen-bond donors (Lipinski definition) is 0. The van der Waals surface area contributed by atoms with Gasteiger partial charge >= 0.3 is 6.18 Å². The molecule has 3 aromatic rings. The lowest BCUT2D eigenvalue weighted by atomic mass is 9.86. The summed E-state index contributed by atoms with van der Waals surface area (Å²) in [4.78, 5) is 6.40. The highest BCUT2D eigenvalue weighted by Gasteiger charge is 2.62. The number of likely N-dealkylation sites (tertiary alicyclic amines) is 1. The van der Waals surface area contributed by atoms with Gasteiger partial charge in [0, 0.05) is 18.7 Å². The topological polar surface area (TPSA) is 67.9 Å².